The number of benzene rings is 3. The highest BCUT2D eigenvalue weighted by Crippen LogP contribution is 2.45. The Balaban J connectivity index is 1.68. The Kier molecular flexibility index (Phi) is 8.13. The van der Waals surface area contributed by atoms with Gasteiger partial charge in [-0.3, -0.25) is 9.59 Å². The molecular formula is C31H31NO8. The number of phenols is 3. The van der Waals surface area contributed by atoms with Gasteiger partial charge in [0.25, 0.3) is 5.91 Å². The zero-order chi connectivity index (χ0) is 29.1. The second-order valence-electron chi connectivity index (χ2n) is 10.0. The molecule has 0 aliphatic rings. The number of carbonyl (C=O) groups is 2. The van der Waals surface area contributed by atoms with E-state index in [2.05, 4.69) is 5.32 Å². The van der Waals surface area contributed by atoms with Gasteiger partial charge in [0.2, 0.25) is 11.2 Å². The third kappa shape index (κ3) is 5.49. The minimum Gasteiger partial charge on any atom is -0.504 e. The van der Waals surface area contributed by atoms with Crippen LogP contribution in [0.4, 0.5) is 0 Å². The number of nitrogens with one attached hydrogen (secondary N) is 1. The highest BCUT2D eigenvalue weighted by Gasteiger charge is 2.26. The Morgan fingerprint density at radius 3 is 2.17 bits per heavy atom. The number of hydrogen-bond acceptors (Lipinski definition) is 8. The molecule has 0 fully saturated rings. The zero-order valence-corrected chi connectivity index (χ0v) is 22.6. The number of phenolic OH excluding ortho intramolecular Hbond substituents is 3. The highest BCUT2D eigenvalue weighted by atomic mass is 16.5. The fourth-order valence-electron chi connectivity index (χ4n) is 4.70. The Morgan fingerprint density at radius 2 is 1.57 bits per heavy atom. The first-order chi connectivity index (χ1) is 19.0. The lowest BCUT2D eigenvalue weighted by molar-refractivity contribution is -0.142. The summed E-state index contributed by atoms with van der Waals surface area (Å²) in [5.74, 6) is -2.86. The number of methoxy groups -OCH3 is 1. The van der Waals surface area contributed by atoms with Crippen molar-refractivity contribution in [2.24, 2.45) is 5.92 Å². The first kappa shape index (κ1) is 28.2. The fourth-order valence-corrected chi connectivity index (χ4v) is 4.70. The van der Waals surface area contributed by atoms with Crippen LogP contribution < -0.4 is 10.7 Å². The lowest BCUT2D eigenvalue weighted by Gasteiger charge is -2.17. The quantitative estimate of drug-likeness (QED) is 0.186. The molecule has 4 rings (SSSR count). The summed E-state index contributed by atoms with van der Waals surface area (Å²) in [6.45, 7) is 5.39. The van der Waals surface area contributed by atoms with Gasteiger partial charge in [-0.15, -0.1) is 0 Å². The van der Waals surface area contributed by atoms with Crippen LogP contribution in [0.5, 0.6) is 17.2 Å². The van der Waals surface area contributed by atoms with E-state index in [4.69, 9.17) is 9.15 Å². The topological polar surface area (TPSA) is 146 Å². The van der Waals surface area contributed by atoms with Gasteiger partial charge in [0.05, 0.1) is 12.7 Å². The molecule has 1 amide bonds. The third-order valence-electron chi connectivity index (χ3n) is 6.66. The number of aryl methyl sites for hydroxylation is 1. The number of esters is 1. The molecule has 0 unspecified atom stereocenters. The number of fused-ring (bicyclic) bond motifs is 1. The summed E-state index contributed by atoms with van der Waals surface area (Å²) in [6, 6.07) is 14.4. The number of carbonyl (C=O) groups excluding carboxylic acids is 2. The van der Waals surface area contributed by atoms with Gasteiger partial charge in [-0.2, -0.15) is 0 Å². The van der Waals surface area contributed by atoms with E-state index in [0.29, 0.717) is 12.0 Å². The van der Waals surface area contributed by atoms with Crippen molar-refractivity contribution in [3.8, 4) is 28.4 Å². The summed E-state index contributed by atoms with van der Waals surface area (Å²) >= 11 is 0. The minimum absolute atomic E-state index is 0.0102. The summed E-state index contributed by atoms with van der Waals surface area (Å²) in [5, 5.41) is 33.8. The largest absolute Gasteiger partial charge is 0.504 e. The monoisotopic (exact) mass is 545 g/mol. The van der Waals surface area contributed by atoms with Gasteiger partial charge in [0.15, 0.2) is 11.5 Å². The molecule has 40 heavy (non-hydrogen) atoms. The van der Waals surface area contributed by atoms with Crippen LogP contribution in [0.3, 0.4) is 0 Å². The number of amides is 1. The average molecular weight is 546 g/mol. The predicted molar refractivity (Wildman–Crippen MR) is 150 cm³/mol. The lowest BCUT2D eigenvalue weighted by Crippen LogP contribution is -2.43. The van der Waals surface area contributed by atoms with Crippen molar-refractivity contribution in [2.45, 2.75) is 39.7 Å². The molecule has 0 saturated carbocycles. The Hall–Kier alpha value is -4.79. The molecule has 9 heteroatoms. The van der Waals surface area contributed by atoms with Crippen molar-refractivity contribution in [3.05, 3.63) is 87.3 Å². The van der Waals surface area contributed by atoms with Gasteiger partial charge in [-0.1, -0.05) is 56.3 Å². The van der Waals surface area contributed by atoms with Crippen LogP contribution in [0.25, 0.3) is 22.1 Å². The maximum Gasteiger partial charge on any atom is 0.328 e. The molecular weight excluding hydrogens is 514 g/mol. The second-order valence-corrected chi connectivity index (χ2v) is 10.0. The van der Waals surface area contributed by atoms with Crippen LogP contribution in [-0.2, 0) is 22.4 Å². The van der Waals surface area contributed by atoms with Crippen molar-refractivity contribution in [1.82, 2.24) is 5.32 Å². The molecule has 208 valence electrons. The van der Waals surface area contributed by atoms with Crippen LogP contribution in [0.15, 0.2) is 63.8 Å². The van der Waals surface area contributed by atoms with Gasteiger partial charge in [0.1, 0.15) is 22.8 Å². The van der Waals surface area contributed by atoms with Gasteiger partial charge < -0.3 is 29.8 Å². The maximum atomic E-state index is 13.6. The lowest BCUT2D eigenvalue weighted by atomic mass is 9.95. The Morgan fingerprint density at radius 1 is 0.925 bits per heavy atom. The van der Waals surface area contributed by atoms with Crippen molar-refractivity contribution in [2.75, 3.05) is 7.11 Å². The minimum atomic E-state index is -0.901. The van der Waals surface area contributed by atoms with Crippen molar-refractivity contribution < 1.29 is 34.1 Å². The van der Waals surface area contributed by atoms with E-state index in [1.54, 1.807) is 19.1 Å². The van der Waals surface area contributed by atoms with E-state index >= 15 is 0 Å². The SMILES string of the molecule is COC(=O)[C@H](Cc1ccccc1)NC(=O)c1ccc(-c2c(C)oc3c(CC(C)C)c(O)c(O)c(O)c3c2=O)cc1. The van der Waals surface area contributed by atoms with Crippen LogP contribution >= 0.6 is 0 Å². The molecule has 3 aromatic carbocycles. The van der Waals surface area contributed by atoms with Gasteiger partial charge in [-0.25, -0.2) is 4.79 Å². The smallest absolute Gasteiger partial charge is 0.328 e. The molecule has 1 aromatic heterocycles. The molecule has 0 aliphatic heterocycles. The maximum absolute atomic E-state index is 13.6. The average Bonchev–Trinajstić information content (AvgIpc) is 2.93. The number of rotatable bonds is 8. The van der Waals surface area contributed by atoms with E-state index in [-0.39, 0.29) is 45.8 Å². The van der Waals surface area contributed by atoms with Crippen molar-refractivity contribution in [3.63, 3.8) is 0 Å². The van der Waals surface area contributed by atoms with E-state index in [0.717, 1.165) is 5.56 Å². The molecule has 0 spiro atoms. The standard InChI is InChI=1S/C31H31NO8/c1-16(2)14-21-25(33)28(36)27(35)24-26(34)23(17(3)40-29(21)24)19-10-12-20(13-11-19)30(37)32-22(31(38)39-4)15-18-8-6-5-7-9-18/h5-13,16,22,33,35-36H,14-15H2,1-4H3,(H,32,37)/t22-/m0/s1. The zero-order valence-electron chi connectivity index (χ0n) is 22.6. The normalized spacial score (nSPS) is 11.9. The van der Waals surface area contributed by atoms with E-state index in [1.807, 2.05) is 44.2 Å². The molecule has 0 saturated heterocycles. The van der Waals surface area contributed by atoms with Gasteiger partial charge in [-0.05, 0) is 42.5 Å². The summed E-state index contributed by atoms with van der Waals surface area (Å²) in [5.41, 5.74) is 1.29. The summed E-state index contributed by atoms with van der Waals surface area (Å²) in [7, 11) is 1.25. The second kappa shape index (κ2) is 11.5. The predicted octanol–water partition coefficient (Wildman–Crippen LogP) is 4.60. The molecule has 0 aliphatic carbocycles. The first-order valence-electron chi connectivity index (χ1n) is 12.8. The third-order valence-corrected chi connectivity index (χ3v) is 6.66. The molecule has 0 radical (unpaired) electrons. The van der Waals surface area contributed by atoms with E-state index < -0.39 is 40.6 Å². The summed E-state index contributed by atoms with van der Waals surface area (Å²) in [6.07, 6.45) is 0.553. The van der Waals surface area contributed by atoms with Crippen molar-refractivity contribution >= 4 is 22.8 Å². The molecule has 9 nitrogen and oxygen atoms in total. The van der Waals surface area contributed by atoms with Crippen LogP contribution in [0.1, 0.15) is 41.1 Å². The van der Waals surface area contributed by atoms with E-state index in [1.165, 1.54) is 19.2 Å². The first-order valence-corrected chi connectivity index (χ1v) is 12.8. The molecule has 1 atom stereocenters. The number of hydrogen-bond donors (Lipinski definition) is 4. The Labute approximate surface area is 230 Å². The molecule has 1 heterocycles. The summed E-state index contributed by atoms with van der Waals surface area (Å²) < 4.78 is 10.8. The molecule has 0 bridgehead atoms. The van der Waals surface area contributed by atoms with Gasteiger partial charge in [0, 0.05) is 17.5 Å². The van der Waals surface area contributed by atoms with Crippen LogP contribution in [0, 0.1) is 12.8 Å². The highest BCUT2D eigenvalue weighted by molar-refractivity contribution is 5.98. The van der Waals surface area contributed by atoms with Crippen LogP contribution in [0.2, 0.25) is 0 Å². The summed E-state index contributed by atoms with van der Waals surface area (Å²) in [4.78, 5) is 38.9. The fraction of sp³-hybridized carbons (Fsp3) is 0.258. The van der Waals surface area contributed by atoms with Crippen LogP contribution in [-0.4, -0.2) is 40.3 Å². The van der Waals surface area contributed by atoms with Gasteiger partial charge >= 0.3 is 5.97 Å². The van der Waals surface area contributed by atoms with Crippen molar-refractivity contribution in [1.29, 1.82) is 0 Å². The molecule has 4 aromatic rings. The Bertz CT molecular complexity index is 1620. The molecule has 4 N–H and O–H groups in total. The van der Waals surface area contributed by atoms with E-state index in [9.17, 15) is 29.7 Å². The number of aromatic hydroxyl groups is 3. The number of ether oxygens (including phenoxy) is 1.